The molecule has 0 saturated carbocycles. The number of hydrogen-bond donors (Lipinski definition) is 0. The first-order chi connectivity index (χ1) is 9.91. The van der Waals surface area contributed by atoms with E-state index in [9.17, 15) is 4.57 Å². The molecule has 0 N–H and O–H groups in total. The summed E-state index contributed by atoms with van der Waals surface area (Å²) in [5, 5.41) is 0. The van der Waals surface area contributed by atoms with E-state index in [0.717, 1.165) is 5.56 Å². The first-order valence-electron chi connectivity index (χ1n) is 7.51. The molecule has 21 heavy (non-hydrogen) atoms. The van der Waals surface area contributed by atoms with Crippen molar-refractivity contribution in [2.75, 3.05) is 19.4 Å². The topological polar surface area (TPSA) is 35.5 Å². The van der Waals surface area contributed by atoms with Gasteiger partial charge < -0.3 is 9.05 Å². The highest BCUT2D eigenvalue weighted by Crippen LogP contribution is 2.49. The summed E-state index contributed by atoms with van der Waals surface area (Å²) in [4.78, 5) is 0. The summed E-state index contributed by atoms with van der Waals surface area (Å²) in [6.45, 7) is 9.04. The van der Waals surface area contributed by atoms with Gasteiger partial charge in [-0.2, -0.15) is 0 Å². The van der Waals surface area contributed by atoms with Crippen molar-refractivity contribution in [3.8, 4) is 0 Å². The minimum atomic E-state index is -3.05. The van der Waals surface area contributed by atoms with Gasteiger partial charge in [0.2, 0.25) is 0 Å². The van der Waals surface area contributed by atoms with Crippen LogP contribution in [0.15, 0.2) is 36.4 Å². The fourth-order valence-corrected chi connectivity index (χ4v) is 3.25. The lowest BCUT2D eigenvalue weighted by molar-refractivity contribution is 0.175. The Morgan fingerprint density at radius 3 is 2.00 bits per heavy atom. The second kappa shape index (κ2) is 9.19. The standard InChI is InChI=1S/C17H27O3P/c1-15(2)13-19-21(18,20-14-16(3)4)12-8-11-17-9-6-5-7-10-17/h5-11,15-16H,12-14H2,1-4H3. The largest absolute Gasteiger partial charge is 0.334 e. The SMILES string of the molecule is CC(C)COP(=O)(CC=Cc1ccccc1)OCC(C)C. The van der Waals surface area contributed by atoms with Gasteiger partial charge in [0, 0.05) is 0 Å². The van der Waals surface area contributed by atoms with Gasteiger partial charge in [0.1, 0.15) is 0 Å². The third-order valence-corrected chi connectivity index (χ3v) is 4.39. The van der Waals surface area contributed by atoms with Crippen molar-refractivity contribution in [3.05, 3.63) is 42.0 Å². The molecule has 0 aliphatic rings. The molecular formula is C17H27O3P. The second-order valence-electron chi connectivity index (χ2n) is 5.99. The summed E-state index contributed by atoms with van der Waals surface area (Å²) < 4.78 is 23.8. The van der Waals surface area contributed by atoms with E-state index >= 15 is 0 Å². The highest BCUT2D eigenvalue weighted by atomic mass is 31.2. The van der Waals surface area contributed by atoms with Gasteiger partial charge in [-0.1, -0.05) is 70.2 Å². The molecule has 0 amide bonds. The molecule has 0 aromatic heterocycles. The first-order valence-corrected chi connectivity index (χ1v) is 9.24. The summed E-state index contributed by atoms with van der Waals surface area (Å²) in [5.41, 5.74) is 1.08. The van der Waals surface area contributed by atoms with Gasteiger partial charge in [0.25, 0.3) is 0 Å². The maximum Gasteiger partial charge on any atom is 0.334 e. The second-order valence-corrected chi connectivity index (χ2v) is 8.09. The fraction of sp³-hybridized carbons (Fsp3) is 0.529. The molecule has 0 aliphatic carbocycles. The Balaban J connectivity index is 2.63. The summed E-state index contributed by atoms with van der Waals surface area (Å²) in [5.74, 6) is 0.665. The van der Waals surface area contributed by atoms with E-state index in [0.29, 0.717) is 31.2 Å². The normalized spacial score (nSPS) is 12.7. The molecule has 118 valence electrons. The summed E-state index contributed by atoms with van der Waals surface area (Å²) >= 11 is 0. The van der Waals surface area contributed by atoms with Crippen molar-refractivity contribution in [2.45, 2.75) is 27.7 Å². The van der Waals surface area contributed by atoms with Crippen LogP contribution in [0.2, 0.25) is 0 Å². The summed E-state index contributed by atoms with van der Waals surface area (Å²) in [7, 11) is -3.05. The molecule has 0 atom stereocenters. The zero-order valence-corrected chi connectivity index (χ0v) is 14.4. The maximum atomic E-state index is 12.7. The number of benzene rings is 1. The number of rotatable bonds is 9. The zero-order chi connectivity index (χ0) is 15.7. The Morgan fingerprint density at radius 2 is 1.52 bits per heavy atom. The molecule has 0 fully saturated rings. The number of allylic oxidation sites excluding steroid dienone is 1. The predicted octanol–water partition coefficient (Wildman–Crippen LogP) is 5.24. The molecule has 0 saturated heterocycles. The van der Waals surface area contributed by atoms with Crippen molar-refractivity contribution < 1.29 is 13.6 Å². The molecule has 4 heteroatoms. The van der Waals surface area contributed by atoms with Crippen LogP contribution in [-0.4, -0.2) is 19.4 Å². The molecule has 0 unspecified atom stereocenters. The minimum absolute atomic E-state index is 0.307. The van der Waals surface area contributed by atoms with Gasteiger partial charge in [-0.3, -0.25) is 4.57 Å². The van der Waals surface area contributed by atoms with Crippen LogP contribution in [0.4, 0.5) is 0 Å². The average Bonchev–Trinajstić information content (AvgIpc) is 2.44. The van der Waals surface area contributed by atoms with E-state index in [-0.39, 0.29) is 0 Å². The Morgan fingerprint density at radius 1 is 1.00 bits per heavy atom. The average molecular weight is 310 g/mol. The Kier molecular flexibility index (Phi) is 7.95. The molecular weight excluding hydrogens is 283 g/mol. The predicted molar refractivity (Wildman–Crippen MR) is 89.5 cm³/mol. The highest BCUT2D eigenvalue weighted by Gasteiger charge is 2.23. The summed E-state index contributed by atoms with van der Waals surface area (Å²) in [6.07, 6.45) is 4.13. The molecule has 0 radical (unpaired) electrons. The Hall–Kier alpha value is -0.890. The van der Waals surface area contributed by atoms with Gasteiger partial charge >= 0.3 is 7.60 Å². The maximum absolute atomic E-state index is 12.7. The minimum Gasteiger partial charge on any atom is -0.308 e. The fourth-order valence-electron chi connectivity index (χ4n) is 1.55. The molecule has 3 nitrogen and oxygen atoms in total. The Labute approximate surface area is 128 Å². The molecule has 0 spiro atoms. The third-order valence-electron chi connectivity index (χ3n) is 2.65. The van der Waals surface area contributed by atoms with E-state index in [2.05, 4.69) is 0 Å². The molecule has 1 rings (SSSR count). The van der Waals surface area contributed by atoms with Crippen LogP contribution in [0.25, 0.3) is 6.08 Å². The molecule has 1 aromatic carbocycles. The van der Waals surface area contributed by atoms with Crippen LogP contribution in [-0.2, 0) is 13.6 Å². The van der Waals surface area contributed by atoms with Crippen molar-refractivity contribution in [1.29, 1.82) is 0 Å². The van der Waals surface area contributed by atoms with Crippen molar-refractivity contribution in [2.24, 2.45) is 11.8 Å². The van der Waals surface area contributed by atoms with E-state index in [1.54, 1.807) is 0 Å². The lowest BCUT2D eigenvalue weighted by atomic mass is 10.2. The van der Waals surface area contributed by atoms with Gasteiger partial charge in [0.05, 0.1) is 19.4 Å². The highest BCUT2D eigenvalue weighted by molar-refractivity contribution is 7.54. The summed E-state index contributed by atoms with van der Waals surface area (Å²) in [6, 6.07) is 9.93. The van der Waals surface area contributed by atoms with Crippen LogP contribution >= 0.6 is 7.60 Å². The Bertz CT molecular complexity index is 450. The monoisotopic (exact) mass is 310 g/mol. The van der Waals surface area contributed by atoms with Gasteiger partial charge in [-0.25, -0.2) is 0 Å². The van der Waals surface area contributed by atoms with Gasteiger partial charge in [0.15, 0.2) is 0 Å². The van der Waals surface area contributed by atoms with Crippen molar-refractivity contribution in [3.63, 3.8) is 0 Å². The van der Waals surface area contributed by atoms with E-state index in [4.69, 9.17) is 9.05 Å². The van der Waals surface area contributed by atoms with E-state index < -0.39 is 7.60 Å². The van der Waals surface area contributed by atoms with Crippen molar-refractivity contribution in [1.82, 2.24) is 0 Å². The van der Waals surface area contributed by atoms with E-state index in [1.807, 2.05) is 70.2 Å². The molecule has 0 bridgehead atoms. The lowest BCUT2D eigenvalue weighted by Gasteiger charge is -2.19. The quantitative estimate of drug-likeness (QED) is 0.585. The van der Waals surface area contributed by atoms with Crippen LogP contribution in [0, 0.1) is 11.8 Å². The van der Waals surface area contributed by atoms with E-state index in [1.165, 1.54) is 0 Å². The first kappa shape index (κ1) is 18.2. The molecule has 0 heterocycles. The van der Waals surface area contributed by atoms with Crippen LogP contribution in [0.3, 0.4) is 0 Å². The van der Waals surface area contributed by atoms with Gasteiger partial charge in [-0.05, 0) is 17.4 Å². The molecule has 0 aliphatic heterocycles. The van der Waals surface area contributed by atoms with Crippen molar-refractivity contribution >= 4 is 13.7 Å². The van der Waals surface area contributed by atoms with Gasteiger partial charge in [-0.15, -0.1) is 0 Å². The third kappa shape index (κ3) is 8.21. The van der Waals surface area contributed by atoms with Crippen LogP contribution in [0.1, 0.15) is 33.3 Å². The van der Waals surface area contributed by atoms with Crippen LogP contribution < -0.4 is 0 Å². The molecule has 1 aromatic rings. The zero-order valence-electron chi connectivity index (χ0n) is 13.5. The smallest absolute Gasteiger partial charge is 0.308 e. The lowest BCUT2D eigenvalue weighted by Crippen LogP contribution is -2.07. The van der Waals surface area contributed by atoms with Crippen LogP contribution in [0.5, 0.6) is 0 Å². The number of hydrogen-bond acceptors (Lipinski definition) is 3.